The first kappa shape index (κ1) is 12.4. The second kappa shape index (κ2) is 4.47. The highest BCUT2D eigenvalue weighted by molar-refractivity contribution is 6.09. The minimum atomic E-state index is -4.94. The van der Waals surface area contributed by atoms with E-state index in [1.165, 1.54) is 12.1 Å². The van der Waals surface area contributed by atoms with E-state index in [2.05, 4.69) is 0 Å². The molecule has 0 radical (unpaired) electrons. The Morgan fingerprint density at radius 1 is 1.25 bits per heavy atom. The highest BCUT2D eigenvalue weighted by Gasteiger charge is 2.39. The Labute approximate surface area is 90.1 Å². The Kier molecular flexibility index (Phi) is 3.47. The van der Waals surface area contributed by atoms with Gasteiger partial charge in [0.1, 0.15) is 0 Å². The summed E-state index contributed by atoms with van der Waals surface area (Å²) in [7, 11) is 0. The highest BCUT2D eigenvalue weighted by atomic mass is 19.4. The molecule has 5 heteroatoms. The molecule has 0 unspecified atom stereocenters. The molecular formula is C11H9F3O2. The van der Waals surface area contributed by atoms with Crippen LogP contribution in [0.2, 0.25) is 0 Å². The molecule has 1 rings (SSSR count). The van der Waals surface area contributed by atoms with Crippen LogP contribution in [0.4, 0.5) is 13.2 Å². The van der Waals surface area contributed by atoms with Crippen LogP contribution in [-0.2, 0) is 4.79 Å². The molecule has 0 aliphatic carbocycles. The molecule has 0 spiro atoms. The lowest BCUT2D eigenvalue weighted by Gasteiger charge is -2.04. The van der Waals surface area contributed by atoms with Crippen molar-refractivity contribution in [3.05, 3.63) is 35.4 Å². The highest BCUT2D eigenvalue weighted by Crippen LogP contribution is 2.19. The van der Waals surface area contributed by atoms with Crippen molar-refractivity contribution in [1.29, 1.82) is 0 Å². The molecule has 0 aliphatic heterocycles. The summed E-state index contributed by atoms with van der Waals surface area (Å²) < 4.78 is 35.7. The summed E-state index contributed by atoms with van der Waals surface area (Å²) in [5.41, 5.74) is 0.878. The summed E-state index contributed by atoms with van der Waals surface area (Å²) in [6.07, 6.45) is -6.08. The largest absolute Gasteiger partial charge is 0.450 e. The van der Waals surface area contributed by atoms with Gasteiger partial charge in [-0.1, -0.05) is 23.8 Å². The predicted molar refractivity (Wildman–Crippen MR) is 51.2 cm³/mol. The molecule has 0 amide bonds. The summed E-state index contributed by atoms with van der Waals surface area (Å²) in [5, 5.41) is 0. The third-order valence-corrected chi connectivity index (χ3v) is 1.98. The van der Waals surface area contributed by atoms with Gasteiger partial charge in [0.2, 0.25) is 5.78 Å². The number of hydrogen-bond donors (Lipinski definition) is 0. The third kappa shape index (κ3) is 3.18. The van der Waals surface area contributed by atoms with Crippen LogP contribution in [0.1, 0.15) is 22.3 Å². The van der Waals surface area contributed by atoms with E-state index in [1.807, 2.05) is 0 Å². The van der Waals surface area contributed by atoms with Crippen molar-refractivity contribution in [2.75, 3.05) is 0 Å². The number of alkyl halides is 3. The molecule has 0 N–H and O–H groups in total. The van der Waals surface area contributed by atoms with Gasteiger partial charge in [0.25, 0.3) is 0 Å². The number of carbonyl (C=O) groups excluding carboxylic acids is 2. The SMILES string of the molecule is Cc1cccc(C(=O)CC(=O)C(F)(F)F)c1. The lowest BCUT2D eigenvalue weighted by molar-refractivity contribution is -0.170. The fourth-order valence-electron chi connectivity index (χ4n) is 1.17. The monoisotopic (exact) mass is 230 g/mol. The zero-order chi connectivity index (χ0) is 12.3. The minimum absolute atomic E-state index is 0.123. The van der Waals surface area contributed by atoms with Crippen LogP contribution < -0.4 is 0 Å². The Hall–Kier alpha value is -1.65. The van der Waals surface area contributed by atoms with Crippen molar-refractivity contribution in [2.24, 2.45) is 0 Å². The van der Waals surface area contributed by atoms with Gasteiger partial charge in [-0.3, -0.25) is 9.59 Å². The van der Waals surface area contributed by atoms with Crippen LogP contribution >= 0.6 is 0 Å². The van der Waals surface area contributed by atoms with E-state index in [0.717, 1.165) is 5.56 Å². The maximum absolute atomic E-state index is 11.9. The van der Waals surface area contributed by atoms with Gasteiger partial charge in [-0.05, 0) is 13.0 Å². The van der Waals surface area contributed by atoms with E-state index in [9.17, 15) is 22.8 Å². The summed E-state index contributed by atoms with van der Waals surface area (Å²) in [4.78, 5) is 21.9. The molecule has 0 saturated heterocycles. The average Bonchev–Trinajstić information content (AvgIpc) is 2.16. The van der Waals surface area contributed by atoms with Crippen LogP contribution in [0.5, 0.6) is 0 Å². The first-order valence-corrected chi connectivity index (χ1v) is 4.50. The Morgan fingerprint density at radius 2 is 1.88 bits per heavy atom. The zero-order valence-electron chi connectivity index (χ0n) is 8.47. The number of ketones is 2. The minimum Gasteiger partial charge on any atom is -0.294 e. The lowest BCUT2D eigenvalue weighted by atomic mass is 10.0. The fourth-order valence-corrected chi connectivity index (χ4v) is 1.17. The van der Waals surface area contributed by atoms with Crippen LogP contribution in [0.3, 0.4) is 0 Å². The Morgan fingerprint density at radius 3 is 2.38 bits per heavy atom. The number of halogens is 3. The van der Waals surface area contributed by atoms with E-state index in [1.54, 1.807) is 19.1 Å². The summed E-state index contributed by atoms with van der Waals surface area (Å²) in [6, 6.07) is 6.11. The molecule has 0 heterocycles. The van der Waals surface area contributed by atoms with Gasteiger partial charge in [0, 0.05) is 5.56 Å². The van der Waals surface area contributed by atoms with Crippen molar-refractivity contribution in [1.82, 2.24) is 0 Å². The summed E-state index contributed by atoms with van der Waals surface area (Å²) in [6.45, 7) is 1.71. The third-order valence-electron chi connectivity index (χ3n) is 1.98. The first-order chi connectivity index (χ1) is 7.30. The van der Waals surface area contributed by atoms with Crippen molar-refractivity contribution in [3.8, 4) is 0 Å². The van der Waals surface area contributed by atoms with Crippen molar-refractivity contribution in [3.63, 3.8) is 0 Å². The standard InChI is InChI=1S/C11H9F3O2/c1-7-3-2-4-8(5-7)9(15)6-10(16)11(12,13)14/h2-5H,6H2,1H3. The fraction of sp³-hybridized carbons (Fsp3) is 0.273. The number of hydrogen-bond acceptors (Lipinski definition) is 2. The first-order valence-electron chi connectivity index (χ1n) is 4.50. The van der Waals surface area contributed by atoms with Crippen molar-refractivity contribution < 1.29 is 22.8 Å². The molecule has 1 aromatic carbocycles. The predicted octanol–water partition coefficient (Wildman–Crippen LogP) is 2.70. The quantitative estimate of drug-likeness (QED) is 0.591. The number of rotatable bonds is 3. The van der Waals surface area contributed by atoms with Gasteiger partial charge in [-0.15, -0.1) is 0 Å². The normalized spacial score (nSPS) is 11.2. The van der Waals surface area contributed by atoms with Gasteiger partial charge in [-0.2, -0.15) is 13.2 Å². The van der Waals surface area contributed by atoms with E-state index in [-0.39, 0.29) is 5.56 Å². The Bertz CT molecular complexity index is 421. The van der Waals surface area contributed by atoms with Crippen LogP contribution in [0.25, 0.3) is 0 Å². The number of aryl methyl sites for hydroxylation is 1. The van der Waals surface area contributed by atoms with Gasteiger partial charge in [0.05, 0.1) is 6.42 Å². The maximum Gasteiger partial charge on any atom is 0.450 e. The maximum atomic E-state index is 11.9. The molecule has 2 nitrogen and oxygen atoms in total. The van der Waals surface area contributed by atoms with Crippen LogP contribution in [0.15, 0.2) is 24.3 Å². The number of carbonyl (C=O) groups is 2. The molecule has 86 valence electrons. The molecule has 0 aromatic heterocycles. The zero-order valence-corrected chi connectivity index (χ0v) is 8.47. The van der Waals surface area contributed by atoms with E-state index in [4.69, 9.17) is 0 Å². The molecule has 0 fully saturated rings. The molecular weight excluding hydrogens is 221 g/mol. The smallest absolute Gasteiger partial charge is 0.294 e. The molecule has 0 bridgehead atoms. The molecule has 0 saturated carbocycles. The second-order valence-corrected chi connectivity index (χ2v) is 3.39. The number of benzene rings is 1. The van der Waals surface area contributed by atoms with E-state index < -0.39 is 24.2 Å². The Balaban J connectivity index is 2.78. The molecule has 16 heavy (non-hydrogen) atoms. The molecule has 1 aromatic rings. The van der Waals surface area contributed by atoms with Gasteiger partial charge in [-0.25, -0.2) is 0 Å². The summed E-state index contributed by atoms with van der Waals surface area (Å²) >= 11 is 0. The van der Waals surface area contributed by atoms with Crippen LogP contribution in [-0.4, -0.2) is 17.7 Å². The summed E-state index contributed by atoms with van der Waals surface area (Å²) in [5.74, 6) is -2.83. The molecule has 0 aliphatic rings. The topological polar surface area (TPSA) is 34.1 Å². The molecule has 0 atom stereocenters. The van der Waals surface area contributed by atoms with Gasteiger partial charge in [0.15, 0.2) is 5.78 Å². The lowest BCUT2D eigenvalue weighted by Crippen LogP contribution is -2.25. The number of Topliss-reactive ketones (excluding diaryl/α,β-unsaturated/α-hetero) is 2. The van der Waals surface area contributed by atoms with E-state index >= 15 is 0 Å². The van der Waals surface area contributed by atoms with Crippen molar-refractivity contribution >= 4 is 11.6 Å². The van der Waals surface area contributed by atoms with Crippen LogP contribution in [0, 0.1) is 6.92 Å². The van der Waals surface area contributed by atoms with Gasteiger partial charge >= 0.3 is 6.18 Å². The van der Waals surface area contributed by atoms with E-state index in [0.29, 0.717) is 0 Å². The second-order valence-electron chi connectivity index (χ2n) is 3.39. The van der Waals surface area contributed by atoms with Gasteiger partial charge < -0.3 is 0 Å². The van der Waals surface area contributed by atoms with Crippen molar-refractivity contribution in [2.45, 2.75) is 19.5 Å². The average molecular weight is 230 g/mol.